The van der Waals surface area contributed by atoms with Gasteiger partial charge in [-0.15, -0.1) is 12.4 Å². The second kappa shape index (κ2) is 11.3. The molecular weight excluding hydrogens is 312 g/mol. The number of carbonyl (C=O) groups is 1. The molecule has 1 saturated carbocycles. The van der Waals surface area contributed by atoms with Gasteiger partial charge in [0.25, 0.3) is 5.91 Å². The minimum Gasteiger partial charge on any atom is -0.494 e. The molecule has 1 aliphatic carbocycles. The van der Waals surface area contributed by atoms with Crippen LogP contribution in [0.2, 0.25) is 0 Å². The average molecular weight is 341 g/mol. The van der Waals surface area contributed by atoms with E-state index in [1.54, 1.807) is 12.1 Å². The maximum atomic E-state index is 12.0. The number of rotatable bonds is 7. The standard InChI is InChI=1S/C18H28N2O2.ClH/c1-2-22-17-11-9-15(10-12-17)18(21)20-14-13-19-16-7-5-3-4-6-8-16;/h9-12,16,19H,2-8,13-14H2,1H3,(H,20,21);1H. The highest BCUT2D eigenvalue weighted by molar-refractivity contribution is 5.94. The van der Waals surface area contributed by atoms with Crippen LogP contribution in [0.1, 0.15) is 55.8 Å². The molecule has 0 aliphatic heterocycles. The summed E-state index contributed by atoms with van der Waals surface area (Å²) in [6, 6.07) is 7.91. The summed E-state index contributed by atoms with van der Waals surface area (Å²) in [4.78, 5) is 12.0. The molecule has 2 N–H and O–H groups in total. The minimum atomic E-state index is -0.0225. The SMILES string of the molecule is CCOc1ccc(C(=O)NCCNC2CCCCCC2)cc1.Cl. The fourth-order valence-corrected chi connectivity index (χ4v) is 2.91. The van der Waals surface area contributed by atoms with Crippen molar-refractivity contribution in [1.29, 1.82) is 0 Å². The molecule has 0 spiro atoms. The summed E-state index contributed by atoms with van der Waals surface area (Å²) in [5, 5.41) is 6.52. The molecule has 1 aromatic rings. The highest BCUT2D eigenvalue weighted by atomic mass is 35.5. The zero-order valence-electron chi connectivity index (χ0n) is 14.0. The lowest BCUT2D eigenvalue weighted by atomic mass is 10.1. The summed E-state index contributed by atoms with van der Waals surface area (Å²) in [7, 11) is 0. The van der Waals surface area contributed by atoms with E-state index in [9.17, 15) is 4.79 Å². The Morgan fingerprint density at radius 1 is 1.09 bits per heavy atom. The van der Waals surface area contributed by atoms with E-state index in [0.717, 1.165) is 12.3 Å². The van der Waals surface area contributed by atoms with Gasteiger partial charge in [-0.2, -0.15) is 0 Å². The molecule has 0 radical (unpaired) electrons. The number of amides is 1. The number of ether oxygens (including phenoxy) is 1. The third-order valence-electron chi connectivity index (χ3n) is 4.13. The third-order valence-corrected chi connectivity index (χ3v) is 4.13. The van der Waals surface area contributed by atoms with Crippen LogP contribution in [0, 0.1) is 0 Å². The largest absolute Gasteiger partial charge is 0.494 e. The second-order valence-corrected chi connectivity index (χ2v) is 5.86. The fourth-order valence-electron chi connectivity index (χ4n) is 2.91. The van der Waals surface area contributed by atoms with Crippen LogP contribution in [0.3, 0.4) is 0 Å². The summed E-state index contributed by atoms with van der Waals surface area (Å²) in [6.07, 6.45) is 7.94. The normalized spacial score (nSPS) is 15.3. The Morgan fingerprint density at radius 3 is 2.35 bits per heavy atom. The van der Waals surface area contributed by atoms with Gasteiger partial charge in [-0.1, -0.05) is 25.7 Å². The van der Waals surface area contributed by atoms with E-state index < -0.39 is 0 Å². The molecule has 1 aromatic carbocycles. The molecule has 0 saturated heterocycles. The number of hydrogen-bond donors (Lipinski definition) is 2. The van der Waals surface area contributed by atoms with Crippen LogP contribution in [0.15, 0.2) is 24.3 Å². The van der Waals surface area contributed by atoms with Crippen molar-refractivity contribution >= 4 is 18.3 Å². The van der Waals surface area contributed by atoms with E-state index in [2.05, 4.69) is 10.6 Å². The maximum absolute atomic E-state index is 12.0. The van der Waals surface area contributed by atoms with E-state index in [0.29, 0.717) is 24.8 Å². The monoisotopic (exact) mass is 340 g/mol. The van der Waals surface area contributed by atoms with Gasteiger partial charge in [0.2, 0.25) is 0 Å². The highest BCUT2D eigenvalue weighted by Crippen LogP contribution is 2.16. The van der Waals surface area contributed by atoms with Crippen LogP contribution in [0.25, 0.3) is 0 Å². The Hall–Kier alpha value is -1.26. The van der Waals surface area contributed by atoms with Gasteiger partial charge >= 0.3 is 0 Å². The molecule has 23 heavy (non-hydrogen) atoms. The summed E-state index contributed by atoms with van der Waals surface area (Å²) < 4.78 is 5.37. The second-order valence-electron chi connectivity index (χ2n) is 5.86. The lowest BCUT2D eigenvalue weighted by molar-refractivity contribution is 0.0953. The van der Waals surface area contributed by atoms with Gasteiger partial charge < -0.3 is 15.4 Å². The molecule has 1 amide bonds. The Kier molecular flexibility index (Phi) is 9.72. The molecule has 0 bridgehead atoms. The van der Waals surface area contributed by atoms with E-state index in [1.165, 1.54) is 38.5 Å². The maximum Gasteiger partial charge on any atom is 0.251 e. The van der Waals surface area contributed by atoms with Crippen LogP contribution in [0.4, 0.5) is 0 Å². The third kappa shape index (κ3) is 7.23. The molecule has 0 unspecified atom stereocenters. The van der Waals surface area contributed by atoms with Gasteiger partial charge in [0, 0.05) is 24.7 Å². The van der Waals surface area contributed by atoms with E-state index >= 15 is 0 Å². The predicted molar refractivity (Wildman–Crippen MR) is 96.7 cm³/mol. The number of benzene rings is 1. The van der Waals surface area contributed by atoms with Crippen LogP contribution in [0.5, 0.6) is 5.75 Å². The molecule has 0 aromatic heterocycles. The zero-order valence-corrected chi connectivity index (χ0v) is 14.8. The fraction of sp³-hybridized carbons (Fsp3) is 0.611. The van der Waals surface area contributed by atoms with Gasteiger partial charge in [0.1, 0.15) is 5.75 Å². The molecular formula is C18H29ClN2O2. The van der Waals surface area contributed by atoms with Gasteiger partial charge in [-0.3, -0.25) is 4.79 Å². The van der Waals surface area contributed by atoms with Crippen molar-refractivity contribution in [3.63, 3.8) is 0 Å². The lowest BCUT2D eigenvalue weighted by Gasteiger charge is -2.16. The summed E-state index contributed by atoms with van der Waals surface area (Å²) in [5.74, 6) is 0.778. The molecule has 1 aliphatic rings. The quantitative estimate of drug-likeness (QED) is 0.589. The van der Waals surface area contributed by atoms with Gasteiger partial charge in [0.05, 0.1) is 6.61 Å². The summed E-state index contributed by atoms with van der Waals surface area (Å²) in [6.45, 7) is 4.09. The van der Waals surface area contributed by atoms with Crippen molar-refractivity contribution < 1.29 is 9.53 Å². The Morgan fingerprint density at radius 2 is 1.74 bits per heavy atom. The van der Waals surface area contributed by atoms with Crippen molar-refractivity contribution in [2.75, 3.05) is 19.7 Å². The van der Waals surface area contributed by atoms with Gasteiger partial charge in [-0.05, 0) is 44.0 Å². The topological polar surface area (TPSA) is 50.4 Å². The summed E-state index contributed by atoms with van der Waals surface area (Å²) in [5.41, 5.74) is 0.679. The molecule has 0 atom stereocenters. The Bertz CT molecular complexity index is 443. The van der Waals surface area contributed by atoms with Crippen LogP contribution >= 0.6 is 12.4 Å². The van der Waals surface area contributed by atoms with Crippen LogP contribution in [-0.4, -0.2) is 31.6 Å². The zero-order chi connectivity index (χ0) is 15.6. The lowest BCUT2D eigenvalue weighted by Crippen LogP contribution is -2.36. The molecule has 2 rings (SSSR count). The van der Waals surface area contributed by atoms with Crippen LogP contribution in [-0.2, 0) is 0 Å². The first-order chi connectivity index (χ1) is 10.8. The Labute approximate surface area is 145 Å². The van der Waals surface area contributed by atoms with Crippen molar-refractivity contribution in [3.8, 4) is 5.75 Å². The number of hydrogen-bond acceptors (Lipinski definition) is 3. The number of halogens is 1. The van der Waals surface area contributed by atoms with E-state index in [4.69, 9.17) is 4.74 Å². The number of carbonyl (C=O) groups excluding carboxylic acids is 1. The van der Waals surface area contributed by atoms with E-state index in [1.807, 2.05) is 19.1 Å². The first-order valence-electron chi connectivity index (χ1n) is 8.54. The van der Waals surface area contributed by atoms with Crippen molar-refractivity contribution in [2.24, 2.45) is 0 Å². The summed E-state index contributed by atoms with van der Waals surface area (Å²) >= 11 is 0. The van der Waals surface area contributed by atoms with Crippen molar-refractivity contribution in [1.82, 2.24) is 10.6 Å². The minimum absolute atomic E-state index is 0. The first kappa shape index (κ1) is 19.8. The smallest absolute Gasteiger partial charge is 0.251 e. The average Bonchev–Trinajstić information content (AvgIpc) is 2.81. The molecule has 1 fully saturated rings. The first-order valence-corrected chi connectivity index (χ1v) is 8.54. The highest BCUT2D eigenvalue weighted by Gasteiger charge is 2.11. The van der Waals surface area contributed by atoms with Crippen molar-refractivity contribution in [2.45, 2.75) is 51.5 Å². The van der Waals surface area contributed by atoms with Gasteiger partial charge in [-0.25, -0.2) is 0 Å². The predicted octanol–water partition coefficient (Wildman–Crippen LogP) is 3.55. The van der Waals surface area contributed by atoms with Gasteiger partial charge in [0.15, 0.2) is 0 Å². The molecule has 4 nitrogen and oxygen atoms in total. The van der Waals surface area contributed by atoms with Crippen molar-refractivity contribution in [3.05, 3.63) is 29.8 Å². The van der Waals surface area contributed by atoms with E-state index in [-0.39, 0.29) is 18.3 Å². The number of nitrogens with one attached hydrogen (secondary N) is 2. The molecule has 0 heterocycles. The Balaban J connectivity index is 0.00000264. The molecule has 5 heteroatoms. The molecule has 130 valence electrons. The van der Waals surface area contributed by atoms with Crippen LogP contribution < -0.4 is 15.4 Å².